The Balaban J connectivity index is 1.73. The number of aromatic nitrogens is 2. The first kappa shape index (κ1) is 16.1. The maximum Gasteiger partial charge on any atom is 0.259 e. The van der Waals surface area contributed by atoms with Crippen molar-refractivity contribution in [2.24, 2.45) is 0 Å². The number of fused-ring (bicyclic) bond motifs is 1. The molecule has 0 amide bonds. The SMILES string of the molecule is CC(c1ccccc1)N1CC(O)=C(c2nc3ccccc3c(=O)[nH]2)C1=N. The molecule has 1 aliphatic heterocycles. The van der Waals surface area contributed by atoms with E-state index in [1.165, 1.54) is 0 Å². The fraction of sp³-hybridized carbons (Fsp3) is 0.150. The fourth-order valence-corrected chi connectivity index (χ4v) is 3.30. The molecular weight excluding hydrogens is 328 g/mol. The molecule has 0 spiro atoms. The van der Waals surface area contributed by atoms with Crippen LogP contribution in [0.5, 0.6) is 0 Å². The molecule has 3 aromatic rings. The van der Waals surface area contributed by atoms with Crippen LogP contribution in [0.2, 0.25) is 0 Å². The van der Waals surface area contributed by atoms with Crippen molar-refractivity contribution in [3.8, 4) is 0 Å². The lowest BCUT2D eigenvalue weighted by atomic mass is 10.1. The first-order chi connectivity index (χ1) is 12.6. The molecule has 0 fully saturated rings. The van der Waals surface area contributed by atoms with Crippen molar-refractivity contribution in [3.63, 3.8) is 0 Å². The number of benzene rings is 2. The van der Waals surface area contributed by atoms with Crippen LogP contribution in [-0.4, -0.2) is 32.4 Å². The minimum atomic E-state index is -0.284. The summed E-state index contributed by atoms with van der Waals surface area (Å²) in [4.78, 5) is 21.3. The topological polar surface area (TPSA) is 93.1 Å². The van der Waals surface area contributed by atoms with Crippen LogP contribution in [0.25, 0.3) is 16.5 Å². The van der Waals surface area contributed by atoms with E-state index in [9.17, 15) is 9.90 Å². The Labute approximate surface area is 150 Å². The van der Waals surface area contributed by atoms with Crippen molar-refractivity contribution in [1.29, 1.82) is 5.41 Å². The van der Waals surface area contributed by atoms with Crippen LogP contribution in [0.1, 0.15) is 24.4 Å². The highest BCUT2D eigenvalue weighted by atomic mass is 16.3. The van der Waals surface area contributed by atoms with Crippen molar-refractivity contribution in [2.75, 3.05) is 6.54 Å². The van der Waals surface area contributed by atoms with Gasteiger partial charge in [-0.25, -0.2) is 4.98 Å². The van der Waals surface area contributed by atoms with Crippen LogP contribution < -0.4 is 5.56 Å². The van der Waals surface area contributed by atoms with E-state index in [0.29, 0.717) is 10.9 Å². The Hall–Kier alpha value is -3.41. The molecule has 0 radical (unpaired) electrons. The van der Waals surface area contributed by atoms with Crippen LogP contribution in [0.15, 0.2) is 65.2 Å². The molecule has 1 atom stereocenters. The molecule has 6 heteroatoms. The van der Waals surface area contributed by atoms with Crippen molar-refractivity contribution < 1.29 is 5.11 Å². The van der Waals surface area contributed by atoms with E-state index < -0.39 is 0 Å². The predicted molar refractivity (Wildman–Crippen MR) is 101 cm³/mol. The summed E-state index contributed by atoms with van der Waals surface area (Å²) in [7, 11) is 0. The van der Waals surface area contributed by atoms with Gasteiger partial charge in [-0.05, 0) is 24.6 Å². The van der Waals surface area contributed by atoms with E-state index in [0.717, 1.165) is 5.56 Å². The second kappa shape index (κ2) is 6.15. The number of nitrogens with one attached hydrogen (secondary N) is 2. The summed E-state index contributed by atoms with van der Waals surface area (Å²) in [6.07, 6.45) is 0. The van der Waals surface area contributed by atoms with Crippen molar-refractivity contribution in [1.82, 2.24) is 14.9 Å². The Kier molecular flexibility index (Phi) is 3.80. The van der Waals surface area contributed by atoms with E-state index in [4.69, 9.17) is 5.41 Å². The molecule has 1 aromatic heterocycles. The zero-order valence-electron chi connectivity index (χ0n) is 14.2. The number of rotatable bonds is 3. The second-order valence-corrected chi connectivity index (χ2v) is 6.32. The molecule has 4 rings (SSSR count). The summed E-state index contributed by atoms with van der Waals surface area (Å²) in [6, 6.07) is 16.7. The molecule has 6 nitrogen and oxygen atoms in total. The molecule has 130 valence electrons. The van der Waals surface area contributed by atoms with E-state index in [2.05, 4.69) is 9.97 Å². The quantitative estimate of drug-likeness (QED) is 0.679. The van der Waals surface area contributed by atoms with Crippen LogP contribution in [0.3, 0.4) is 0 Å². The molecular formula is C20H18N4O2. The van der Waals surface area contributed by atoms with Gasteiger partial charge in [0.05, 0.1) is 29.1 Å². The smallest absolute Gasteiger partial charge is 0.259 e. The molecule has 1 aliphatic rings. The van der Waals surface area contributed by atoms with Gasteiger partial charge in [-0.15, -0.1) is 0 Å². The lowest BCUT2D eigenvalue weighted by Crippen LogP contribution is -2.30. The van der Waals surface area contributed by atoms with Gasteiger partial charge in [0.2, 0.25) is 0 Å². The van der Waals surface area contributed by atoms with E-state index in [-0.39, 0.29) is 41.1 Å². The third kappa shape index (κ3) is 2.56. The summed E-state index contributed by atoms with van der Waals surface area (Å²) in [5.41, 5.74) is 1.57. The number of nitrogens with zero attached hydrogens (tertiary/aromatic N) is 2. The average molecular weight is 346 g/mol. The monoisotopic (exact) mass is 346 g/mol. The lowest BCUT2D eigenvalue weighted by Gasteiger charge is -2.26. The summed E-state index contributed by atoms with van der Waals surface area (Å²) in [6.45, 7) is 2.19. The van der Waals surface area contributed by atoms with Crippen molar-refractivity contribution >= 4 is 22.3 Å². The van der Waals surface area contributed by atoms with Crippen LogP contribution >= 0.6 is 0 Å². The fourth-order valence-electron chi connectivity index (χ4n) is 3.30. The summed E-state index contributed by atoms with van der Waals surface area (Å²) >= 11 is 0. The van der Waals surface area contributed by atoms with Gasteiger partial charge in [0, 0.05) is 0 Å². The molecule has 2 aromatic carbocycles. The van der Waals surface area contributed by atoms with E-state index >= 15 is 0 Å². The number of H-pyrrole nitrogens is 1. The standard InChI is InChI=1S/C20H18N4O2/c1-12(13-7-3-2-4-8-13)24-11-16(25)17(18(24)21)19-22-15-10-6-5-9-14(15)20(26)23-19/h2-10,12,21,25H,11H2,1H3,(H,22,23,26). The average Bonchev–Trinajstić information content (AvgIpc) is 2.96. The molecule has 0 bridgehead atoms. The third-order valence-electron chi connectivity index (χ3n) is 4.73. The highest BCUT2D eigenvalue weighted by Crippen LogP contribution is 2.31. The minimum Gasteiger partial charge on any atom is -0.510 e. The molecule has 3 N–H and O–H groups in total. The lowest BCUT2D eigenvalue weighted by molar-refractivity contribution is 0.310. The number of aromatic amines is 1. The molecule has 26 heavy (non-hydrogen) atoms. The van der Waals surface area contributed by atoms with Gasteiger partial charge in [-0.1, -0.05) is 42.5 Å². The number of hydrogen-bond donors (Lipinski definition) is 3. The summed E-state index contributed by atoms with van der Waals surface area (Å²) < 4.78 is 0. The zero-order valence-corrected chi connectivity index (χ0v) is 14.2. The molecule has 0 saturated heterocycles. The van der Waals surface area contributed by atoms with Gasteiger partial charge in [-0.3, -0.25) is 10.2 Å². The van der Waals surface area contributed by atoms with E-state index in [1.54, 1.807) is 29.2 Å². The zero-order chi connectivity index (χ0) is 18.3. The molecule has 0 aliphatic carbocycles. The number of aliphatic hydroxyl groups excluding tert-OH is 1. The number of aliphatic hydroxyl groups is 1. The van der Waals surface area contributed by atoms with Gasteiger partial charge >= 0.3 is 0 Å². The minimum absolute atomic E-state index is 0.0382. The van der Waals surface area contributed by atoms with Crippen molar-refractivity contribution in [2.45, 2.75) is 13.0 Å². The van der Waals surface area contributed by atoms with Gasteiger partial charge in [-0.2, -0.15) is 0 Å². The second-order valence-electron chi connectivity index (χ2n) is 6.32. The number of para-hydroxylation sites is 1. The van der Waals surface area contributed by atoms with Crippen LogP contribution in [0.4, 0.5) is 0 Å². The molecule has 1 unspecified atom stereocenters. The van der Waals surface area contributed by atoms with Gasteiger partial charge in [0.25, 0.3) is 5.56 Å². The number of amidine groups is 1. The maximum absolute atomic E-state index is 12.3. The highest BCUT2D eigenvalue weighted by Gasteiger charge is 2.33. The largest absolute Gasteiger partial charge is 0.510 e. The highest BCUT2D eigenvalue weighted by molar-refractivity contribution is 6.22. The predicted octanol–water partition coefficient (Wildman–Crippen LogP) is 3.25. The Bertz CT molecular complexity index is 1090. The normalized spacial score (nSPS) is 15.7. The first-order valence-electron chi connectivity index (χ1n) is 8.38. The van der Waals surface area contributed by atoms with Gasteiger partial charge in [0.15, 0.2) is 0 Å². The maximum atomic E-state index is 12.3. The van der Waals surface area contributed by atoms with Crippen molar-refractivity contribution in [3.05, 3.63) is 82.1 Å². The Morgan fingerprint density at radius 1 is 1.15 bits per heavy atom. The molecule has 2 heterocycles. The number of hydrogen-bond acceptors (Lipinski definition) is 4. The summed E-state index contributed by atoms with van der Waals surface area (Å²) in [5, 5.41) is 19.5. The Morgan fingerprint density at radius 2 is 1.85 bits per heavy atom. The van der Waals surface area contributed by atoms with Gasteiger partial charge < -0.3 is 15.0 Å². The van der Waals surface area contributed by atoms with E-state index in [1.807, 2.05) is 37.3 Å². The van der Waals surface area contributed by atoms with Crippen LogP contribution in [0, 0.1) is 5.41 Å². The van der Waals surface area contributed by atoms with Gasteiger partial charge in [0.1, 0.15) is 17.4 Å². The third-order valence-corrected chi connectivity index (χ3v) is 4.73. The summed E-state index contributed by atoms with van der Waals surface area (Å²) in [5.74, 6) is 0.410. The molecule has 0 saturated carbocycles. The van der Waals surface area contributed by atoms with Crippen LogP contribution in [-0.2, 0) is 0 Å². The Morgan fingerprint density at radius 3 is 2.62 bits per heavy atom. The first-order valence-corrected chi connectivity index (χ1v) is 8.38.